The Morgan fingerprint density at radius 2 is 1.91 bits per heavy atom. The molecule has 8 nitrogen and oxygen atoms in total. The van der Waals surface area contributed by atoms with E-state index >= 15 is 0 Å². The summed E-state index contributed by atoms with van der Waals surface area (Å²) < 4.78 is 10.6. The monoisotopic (exact) mass is 454 g/mol. The average molecular weight is 455 g/mol. The SMILES string of the molecule is CCOc1cccc(/C(O)=C2/C(=O)C(=O)N(CCCN(C)C)C2c2ccc(OC)c(O)c2)c1. The van der Waals surface area contributed by atoms with Gasteiger partial charge in [-0.15, -0.1) is 0 Å². The van der Waals surface area contributed by atoms with Gasteiger partial charge in [0.25, 0.3) is 11.7 Å². The van der Waals surface area contributed by atoms with Crippen LogP contribution in [-0.2, 0) is 9.59 Å². The molecule has 1 heterocycles. The second-order valence-electron chi connectivity index (χ2n) is 8.04. The molecule has 3 rings (SSSR count). The molecule has 33 heavy (non-hydrogen) atoms. The second-order valence-corrected chi connectivity index (χ2v) is 8.04. The number of Topliss-reactive ketones (excluding diaryl/α,β-unsaturated/α-hetero) is 1. The summed E-state index contributed by atoms with van der Waals surface area (Å²) in [7, 11) is 5.30. The van der Waals surface area contributed by atoms with E-state index in [9.17, 15) is 19.8 Å². The number of rotatable bonds is 9. The number of hydrogen-bond acceptors (Lipinski definition) is 7. The zero-order valence-corrected chi connectivity index (χ0v) is 19.4. The highest BCUT2D eigenvalue weighted by atomic mass is 16.5. The maximum absolute atomic E-state index is 13.1. The second kappa shape index (κ2) is 10.4. The number of methoxy groups -OCH3 is 1. The van der Waals surface area contributed by atoms with E-state index in [1.54, 1.807) is 36.4 Å². The van der Waals surface area contributed by atoms with Gasteiger partial charge < -0.3 is 29.5 Å². The van der Waals surface area contributed by atoms with E-state index in [2.05, 4.69) is 0 Å². The van der Waals surface area contributed by atoms with Crippen LogP contribution in [0.25, 0.3) is 5.76 Å². The van der Waals surface area contributed by atoms with E-state index in [1.807, 2.05) is 25.9 Å². The number of ketones is 1. The third-order valence-electron chi connectivity index (χ3n) is 5.48. The van der Waals surface area contributed by atoms with Crippen molar-refractivity contribution in [3.05, 3.63) is 59.2 Å². The minimum atomic E-state index is -0.847. The molecule has 1 unspecified atom stereocenters. The van der Waals surface area contributed by atoms with Crippen LogP contribution in [0.1, 0.15) is 30.5 Å². The molecule has 0 radical (unpaired) electrons. The molecule has 0 aliphatic carbocycles. The Morgan fingerprint density at radius 3 is 2.55 bits per heavy atom. The number of likely N-dealkylation sites (tertiary alicyclic amines) is 1. The van der Waals surface area contributed by atoms with Gasteiger partial charge in [0.2, 0.25) is 0 Å². The number of aliphatic hydroxyl groups excluding tert-OH is 1. The van der Waals surface area contributed by atoms with Gasteiger partial charge in [0.15, 0.2) is 11.5 Å². The molecule has 0 aromatic heterocycles. The van der Waals surface area contributed by atoms with Crippen LogP contribution in [0.5, 0.6) is 17.2 Å². The van der Waals surface area contributed by atoms with Crippen LogP contribution in [0.2, 0.25) is 0 Å². The summed E-state index contributed by atoms with van der Waals surface area (Å²) in [5.41, 5.74) is 0.845. The number of aromatic hydroxyl groups is 1. The predicted octanol–water partition coefficient (Wildman–Crippen LogP) is 3.17. The lowest BCUT2D eigenvalue weighted by atomic mass is 9.95. The van der Waals surface area contributed by atoms with E-state index < -0.39 is 17.7 Å². The topological polar surface area (TPSA) is 99.5 Å². The first-order chi connectivity index (χ1) is 15.8. The number of amides is 1. The molecular formula is C25H30N2O6. The number of nitrogens with zero attached hydrogens (tertiary/aromatic N) is 2. The van der Waals surface area contributed by atoms with Gasteiger partial charge in [-0.2, -0.15) is 0 Å². The van der Waals surface area contributed by atoms with Crippen molar-refractivity contribution in [2.24, 2.45) is 0 Å². The molecule has 1 fully saturated rings. The molecule has 1 saturated heterocycles. The Hall–Kier alpha value is -3.52. The highest BCUT2D eigenvalue weighted by molar-refractivity contribution is 6.46. The first-order valence-electron chi connectivity index (χ1n) is 10.8. The summed E-state index contributed by atoms with van der Waals surface area (Å²) in [6, 6.07) is 10.6. The first kappa shape index (κ1) is 24.1. The Labute approximate surface area is 193 Å². The van der Waals surface area contributed by atoms with Crippen LogP contribution in [0.3, 0.4) is 0 Å². The third-order valence-corrected chi connectivity index (χ3v) is 5.48. The lowest BCUT2D eigenvalue weighted by molar-refractivity contribution is -0.139. The minimum Gasteiger partial charge on any atom is -0.507 e. The number of phenolic OH excluding ortho intramolecular Hbond substituents is 1. The van der Waals surface area contributed by atoms with Crippen molar-refractivity contribution in [1.29, 1.82) is 0 Å². The molecule has 1 aliphatic heterocycles. The molecule has 2 aromatic carbocycles. The lowest BCUT2D eigenvalue weighted by Crippen LogP contribution is -2.32. The zero-order chi connectivity index (χ0) is 24.1. The van der Waals surface area contributed by atoms with Crippen LogP contribution in [0.15, 0.2) is 48.0 Å². The van der Waals surface area contributed by atoms with Gasteiger partial charge >= 0.3 is 0 Å². The number of ether oxygens (including phenoxy) is 2. The molecule has 0 bridgehead atoms. The normalized spacial score (nSPS) is 17.6. The Balaban J connectivity index is 2.12. The van der Waals surface area contributed by atoms with Crippen molar-refractivity contribution in [1.82, 2.24) is 9.80 Å². The first-order valence-corrected chi connectivity index (χ1v) is 10.8. The van der Waals surface area contributed by atoms with E-state index in [4.69, 9.17) is 9.47 Å². The van der Waals surface area contributed by atoms with Crippen LogP contribution in [0.4, 0.5) is 0 Å². The molecule has 0 spiro atoms. The Kier molecular flexibility index (Phi) is 7.60. The molecule has 8 heteroatoms. The molecule has 2 aromatic rings. The largest absolute Gasteiger partial charge is 0.507 e. The smallest absolute Gasteiger partial charge is 0.295 e. The van der Waals surface area contributed by atoms with E-state index in [0.29, 0.717) is 36.4 Å². The van der Waals surface area contributed by atoms with Gasteiger partial charge in [0.1, 0.15) is 11.5 Å². The number of benzene rings is 2. The fourth-order valence-corrected chi connectivity index (χ4v) is 3.95. The highest BCUT2D eigenvalue weighted by Crippen LogP contribution is 2.42. The standard InChI is InChI=1S/C25H30N2O6/c1-5-33-18-9-6-8-17(14-18)23(29)21-22(16-10-11-20(32-4)19(28)15-16)27(25(31)24(21)30)13-7-12-26(2)3/h6,8-11,14-15,22,28-29H,5,7,12-13H2,1-4H3/b23-21-. The number of aliphatic hydroxyl groups is 1. The van der Waals surface area contributed by atoms with Crippen molar-refractivity contribution < 1.29 is 29.3 Å². The molecule has 176 valence electrons. The van der Waals surface area contributed by atoms with Crippen LogP contribution in [-0.4, -0.2) is 72.6 Å². The van der Waals surface area contributed by atoms with Gasteiger partial charge in [0, 0.05) is 12.1 Å². The van der Waals surface area contributed by atoms with E-state index in [-0.39, 0.29) is 22.8 Å². The number of hydrogen-bond donors (Lipinski definition) is 2. The van der Waals surface area contributed by atoms with Crippen LogP contribution < -0.4 is 9.47 Å². The molecule has 2 N–H and O–H groups in total. The quantitative estimate of drug-likeness (QED) is 0.341. The Bertz CT molecular complexity index is 1060. The van der Waals surface area contributed by atoms with Gasteiger partial charge in [-0.05, 0) is 63.8 Å². The van der Waals surface area contributed by atoms with Crippen LogP contribution in [0, 0.1) is 0 Å². The summed E-state index contributed by atoms with van der Waals surface area (Å²) >= 11 is 0. The molecule has 1 aliphatic rings. The fraction of sp³-hybridized carbons (Fsp3) is 0.360. The number of carbonyl (C=O) groups is 2. The van der Waals surface area contributed by atoms with Gasteiger partial charge in [-0.1, -0.05) is 18.2 Å². The average Bonchev–Trinajstić information content (AvgIpc) is 3.03. The molecule has 1 atom stereocenters. The number of carbonyl (C=O) groups excluding carboxylic acids is 2. The summed E-state index contributed by atoms with van der Waals surface area (Å²) in [6.45, 7) is 3.34. The van der Waals surface area contributed by atoms with Crippen molar-refractivity contribution in [2.75, 3.05) is 40.9 Å². The minimum absolute atomic E-state index is 0.0249. The summed E-state index contributed by atoms with van der Waals surface area (Å²) in [6.07, 6.45) is 0.637. The highest BCUT2D eigenvalue weighted by Gasteiger charge is 2.46. The maximum atomic E-state index is 13.1. The predicted molar refractivity (Wildman–Crippen MR) is 124 cm³/mol. The lowest BCUT2D eigenvalue weighted by Gasteiger charge is -2.26. The number of phenols is 1. The third kappa shape index (κ3) is 5.12. The van der Waals surface area contributed by atoms with E-state index in [0.717, 1.165) is 6.54 Å². The molecule has 0 saturated carbocycles. The maximum Gasteiger partial charge on any atom is 0.295 e. The summed E-state index contributed by atoms with van der Waals surface area (Å²) in [4.78, 5) is 29.5. The van der Waals surface area contributed by atoms with Crippen molar-refractivity contribution in [3.8, 4) is 17.2 Å². The van der Waals surface area contributed by atoms with E-state index in [1.165, 1.54) is 18.1 Å². The summed E-state index contributed by atoms with van der Waals surface area (Å²) in [5.74, 6) is -1.04. The Morgan fingerprint density at radius 1 is 1.15 bits per heavy atom. The fourth-order valence-electron chi connectivity index (χ4n) is 3.95. The van der Waals surface area contributed by atoms with Crippen molar-refractivity contribution in [2.45, 2.75) is 19.4 Å². The molecule has 1 amide bonds. The summed E-state index contributed by atoms with van der Waals surface area (Å²) in [5, 5.41) is 21.5. The van der Waals surface area contributed by atoms with Crippen molar-refractivity contribution in [3.63, 3.8) is 0 Å². The molecular weight excluding hydrogens is 424 g/mol. The van der Waals surface area contributed by atoms with Gasteiger partial charge in [-0.3, -0.25) is 9.59 Å². The zero-order valence-electron chi connectivity index (χ0n) is 19.4. The van der Waals surface area contributed by atoms with Gasteiger partial charge in [-0.25, -0.2) is 0 Å². The van der Waals surface area contributed by atoms with Gasteiger partial charge in [0.05, 0.1) is 25.3 Å². The van der Waals surface area contributed by atoms with Crippen LogP contribution >= 0.6 is 0 Å². The van der Waals surface area contributed by atoms with Crippen molar-refractivity contribution >= 4 is 17.4 Å².